The number of aliphatic hydroxyl groups is 1. The SMILES string of the molecule is CC1=CC(=O)C[C@@H]2O[C@@H]3C=C(C)[C@@]45OC(C)=C(C)C(=O)C[C@H]4O[C@@H](O)[C@]54CCC1[C@@]2(C)C34. The van der Waals surface area contributed by atoms with Gasteiger partial charge in [-0.25, -0.2) is 0 Å². The minimum absolute atomic E-state index is 0.00263. The monoisotopic (exact) mass is 440 g/mol. The van der Waals surface area contributed by atoms with Gasteiger partial charge in [0.15, 0.2) is 23.5 Å². The molecule has 3 aliphatic heterocycles. The minimum atomic E-state index is -1.06. The highest BCUT2D eigenvalue weighted by Crippen LogP contribution is 2.74. The first-order chi connectivity index (χ1) is 15.1. The molecule has 2 spiro atoms. The van der Waals surface area contributed by atoms with Crippen LogP contribution in [-0.2, 0) is 23.8 Å². The smallest absolute Gasteiger partial charge is 0.167 e. The van der Waals surface area contributed by atoms with Gasteiger partial charge >= 0.3 is 0 Å². The summed E-state index contributed by atoms with van der Waals surface area (Å²) in [6.07, 6.45) is 3.90. The van der Waals surface area contributed by atoms with E-state index in [0.717, 1.165) is 17.6 Å². The van der Waals surface area contributed by atoms with E-state index in [1.54, 1.807) is 13.0 Å². The number of hydrogen-bond acceptors (Lipinski definition) is 6. The predicted octanol–water partition coefficient (Wildman–Crippen LogP) is 3.39. The number of hydrogen-bond donors (Lipinski definition) is 1. The summed E-state index contributed by atoms with van der Waals surface area (Å²) in [5, 5.41) is 11.6. The zero-order valence-corrected chi connectivity index (χ0v) is 19.4. The van der Waals surface area contributed by atoms with Crippen LogP contribution in [0.5, 0.6) is 0 Å². The molecule has 6 heteroatoms. The number of rotatable bonds is 0. The number of ether oxygens (including phenoxy) is 3. The first kappa shape index (κ1) is 20.8. The van der Waals surface area contributed by atoms with E-state index in [4.69, 9.17) is 14.2 Å². The van der Waals surface area contributed by atoms with Gasteiger partial charge in [-0.3, -0.25) is 9.59 Å². The van der Waals surface area contributed by atoms with Crippen LogP contribution in [0.1, 0.15) is 60.3 Å². The third-order valence-electron chi connectivity index (χ3n) is 10.0. The molecule has 2 unspecified atom stereocenters. The maximum atomic E-state index is 12.9. The lowest BCUT2D eigenvalue weighted by molar-refractivity contribution is -0.212. The minimum Gasteiger partial charge on any atom is -0.484 e. The summed E-state index contributed by atoms with van der Waals surface area (Å²) < 4.78 is 19.7. The van der Waals surface area contributed by atoms with Crippen LogP contribution < -0.4 is 0 Å². The third kappa shape index (κ3) is 2.09. The molecule has 9 atom stereocenters. The van der Waals surface area contributed by atoms with E-state index < -0.39 is 23.4 Å². The molecule has 172 valence electrons. The molecule has 0 amide bonds. The van der Waals surface area contributed by atoms with Crippen LogP contribution in [0.4, 0.5) is 0 Å². The van der Waals surface area contributed by atoms with E-state index in [0.29, 0.717) is 24.2 Å². The summed E-state index contributed by atoms with van der Waals surface area (Å²) in [4.78, 5) is 25.6. The fourth-order valence-corrected chi connectivity index (χ4v) is 8.64. The number of carbonyl (C=O) groups excluding carboxylic acids is 2. The summed E-state index contributed by atoms with van der Waals surface area (Å²) in [6, 6.07) is 0. The van der Waals surface area contributed by atoms with Crippen molar-refractivity contribution in [1.82, 2.24) is 0 Å². The van der Waals surface area contributed by atoms with Crippen LogP contribution in [-0.4, -0.2) is 46.9 Å². The van der Waals surface area contributed by atoms with Gasteiger partial charge in [0, 0.05) is 29.7 Å². The average Bonchev–Trinajstić information content (AvgIpc) is 3.04. The molecule has 6 nitrogen and oxygen atoms in total. The number of ketones is 2. The van der Waals surface area contributed by atoms with Gasteiger partial charge in [0.25, 0.3) is 0 Å². The average molecular weight is 441 g/mol. The van der Waals surface area contributed by atoms with Crippen LogP contribution in [0.3, 0.4) is 0 Å². The Labute approximate surface area is 188 Å². The van der Waals surface area contributed by atoms with Gasteiger partial charge < -0.3 is 19.3 Å². The molecule has 0 radical (unpaired) electrons. The zero-order chi connectivity index (χ0) is 22.8. The normalized spacial score (nSPS) is 51.7. The van der Waals surface area contributed by atoms with E-state index in [9.17, 15) is 14.7 Å². The van der Waals surface area contributed by atoms with Gasteiger partial charge in [-0.2, -0.15) is 0 Å². The highest BCUT2D eigenvalue weighted by molar-refractivity contribution is 5.96. The molecule has 0 aromatic heterocycles. The van der Waals surface area contributed by atoms with Crippen molar-refractivity contribution in [1.29, 1.82) is 0 Å². The van der Waals surface area contributed by atoms with Crippen molar-refractivity contribution in [2.45, 2.75) is 90.5 Å². The Morgan fingerprint density at radius 3 is 2.56 bits per heavy atom. The standard InChI is InChI=1S/C26H32O6/c1-12-8-16(27)10-20-24(5)17(12)6-7-25-22(24)19(30-20)9-13(2)26(25)21(31-23(25)29)11-18(28)14(3)15(4)32-26/h8-9,17,19-23,29H,6-7,10-11H2,1-5H3/t17?,19-,20+,21-,22?,23-,24-,25-,26-/m1/s1. The highest BCUT2D eigenvalue weighted by atomic mass is 16.6. The summed E-state index contributed by atoms with van der Waals surface area (Å²) in [5.74, 6) is 0.829. The van der Waals surface area contributed by atoms with E-state index in [1.807, 2.05) is 13.8 Å². The molecule has 32 heavy (non-hydrogen) atoms. The molecule has 3 aliphatic carbocycles. The van der Waals surface area contributed by atoms with Crippen molar-refractivity contribution >= 4 is 11.6 Å². The number of aliphatic hydroxyl groups excluding tert-OH is 1. The summed E-state index contributed by atoms with van der Waals surface area (Å²) in [6.45, 7) is 9.97. The molecule has 3 fully saturated rings. The van der Waals surface area contributed by atoms with Crippen molar-refractivity contribution in [3.05, 3.63) is 34.6 Å². The second-order valence-corrected chi connectivity index (χ2v) is 11.1. The van der Waals surface area contributed by atoms with Gasteiger partial charge in [-0.05, 0) is 58.1 Å². The zero-order valence-electron chi connectivity index (χ0n) is 19.4. The van der Waals surface area contributed by atoms with Crippen LogP contribution in [0.2, 0.25) is 0 Å². The Morgan fingerprint density at radius 2 is 1.81 bits per heavy atom. The van der Waals surface area contributed by atoms with E-state index >= 15 is 0 Å². The Bertz CT molecular complexity index is 1040. The second kappa shape index (κ2) is 6.22. The molecule has 0 bridgehead atoms. The lowest BCUT2D eigenvalue weighted by Gasteiger charge is -2.62. The predicted molar refractivity (Wildman–Crippen MR) is 115 cm³/mol. The Kier molecular flexibility index (Phi) is 4.05. The van der Waals surface area contributed by atoms with E-state index in [1.165, 1.54) is 0 Å². The number of allylic oxidation sites excluding steroid dienone is 4. The molecular weight excluding hydrogens is 408 g/mol. The van der Waals surface area contributed by atoms with Crippen molar-refractivity contribution < 1.29 is 28.9 Å². The lowest BCUT2D eigenvalue weighted by Crippen LogP contribution is -2.68. The highest BCUT2D eigenvalue weighted by Gasteiger charge is 2.81. The van der Waals surface area contributed by atoms with Crippen molar-refractivity contribution in [2.75, 3.05) is 0 Å². The molecule has 0 aromatic carbocycles. The fraction of sp³-hybridized carbons (Fsp3) is 0.692. The summed E-state index contributed by atoms with van der Waals surface area (Å²) >= 11 is 0. The topological polar surface area (TPSA) is 82.1 Å². The molecule has 3 heterocycles. The first-order valence-electron chi connectivity index (χ1n) is 11.9. The molecule has 2 saturated heterocycles. The van der Waals surface area contributed by atoms with Gasteiger partial charge in [0.05, 0.1) is 17.6 Å². The Balaban J connectivity index is 1.61. The fourth-order valence-electron chi connectivity index (χ4n) is 8.64. The van der Waals surface area contributed by atoms with Gasteiger partial charge in [0.2, 0.25) is 0 Å². The lowest BCUT2D eigenvalue weighted by atomic mass is 9.42. The van der Waals surface area contributed by atoms with Gasteiger partial charge in [-0.1, -0.05) is 18.6 Å². The molecular formula is C26H32O6. The van der Waals surface area contributed by atoms with Crippen molar-refractivity contribution in [3.63, 3.8) is 0 Å². The number of carbonyl (C=O) groups is 2. The molecule has 1 N–H and O–H groups in total. The van der Waals surface area contributed by atoms with Gasteiger partial charge in [-0.15, -0.1) is 0 Å². The third-order valence-corrected chi connectivity index (χ3v) is 10.0. The van der Waals surface area contributed by atoms with E-state index in [2.05, 4.69) is 19.9 Å². The second-order valence-electron chi connectivity index (χ2n) is 11.1. The molecule has 6 aliphatic rings. The van der Waals surface area contributed by atoms with Crippen LogP contribution in [0, 0.1) is 22.7 Å². The van der Waals surface area contributed by atoms with E-state index in [-0.39, 0.29) is 47.4 Å². The van der Waals surface area contributed by atoms with Crippen LogP contribution >= 0.6 is 0 Å². The molecule has 6 rings (SSSR count). The first-order valence-corrected chi connectivity index (χ1v) is 11.9. The maximum absolute atomic E-state index is 12.9. The Morgan fingerprint density at radius 1 is 1.06 bits per heavy atom. The summed E-state index contributed by atoms with van der Waals surface area (Å²) in [7, 11) is 0. The van der Waals surface area contributed by atoms with Crippen molar-refractivity contribution in [2.24, 2.45) is 22.7 Å². The van der Waals surface area contributed by atoms with Crippen LogP contribution in [0.15, 0.2) is 34.6 Å². The maximum Gasteiger partial charge on any atom is 0.167 e. The van der Waals surface area contributed by atoms with Crippen molar-refractivity contribution in [3.8, 4) is 0 Å². The summed E-state index contributed by atoms with van der Waals surface area (Å²) in [5.41, 5.74) is 0.668. The van der Waals surface area contributed by atoms with Gasteiger partial charge in [0.1, 0.15) is 11.9 Å². The van der Waals surface area contributed by atoms with Crippen LogP contribution in [0.25, 0.3) is 0 Å². The molecule has 1 saturated carbocycles. The number of Topliss-reactive ketones (excluding diaryl/α,β-unsaturated/α-hetero) is 1. The quantitative estimate of drug-likeness (QED) is 0.582. The Hall–Kier alpha value is -1.76. The largest absolute Gasteiger partial charge is 0.484 e. The molecule has 0 aromatic rings.